The van der Waals surface area contributed by atoms with E-state index in [9.17, 15) is 0 Å². The van der Waals surface area contributed by atoms with Crippen LogP contribution in [0, 0.1) is 5.92 Å². The van der Waals surface area contributed by atoms with Crippen molar-refractivity contribution in [3.63, 3.8) is 0 Å². The maximum atomic E-state index is 6.72. The highest BCUT2D eigenvalue weighted by molar-refractivity contribution is 6.17. The van der Waals surface area contributed by atoms with E-state index in [0.717, 1.165) is 45.2 Å². The Morgan fingerprint density at radius 2 is 1.46 bits per heavy atom. The summed E-state index contributed by atoms with van der Waals surface area (Å²) < 4.78 is 6.72. The van der Waals surface area contributed by atoms with E-state index in [1.165, 1.54) is 22.1 Å². The lowest BCUT2D eigenvalue weighted by Crippen LogP contribution is -2.07. The molecule has 0 bridgehead atoms. The van der Waals surface area contributed by atoms with E-state index in [0.29, 0.717) is 5.92 Å². The van der Waals surface area contributed by atoms with Gasteiger partial charge in [0.1, 0.15) is 11.5 Å². The molecule has 0 spiro atoms. The zero-order valence-corrected chi connectivity index (χ0v) is 20.3. The lowest BCUT2D eigenvalue weighted by atomic mass is 9.79. The van der Waals surface area contributed by atoms with Gasteiger partial charge in [0.15, 0.2) is 0 Å². The average Bonchev–Trinajstić information content (AvgIpc) is 2.97. The standard InChI is InChI=1S/C35H25NO/c1-3-12-25(13-4-1)31-22-36-23-32-33(27-20-19-24-11-7-8-14-26(24)21-27)29-17-9-10-18-30(29)35(34(31)32)37-28-15-5-2-6-16-28/h1-20,22-23,26H,21H2. The molecule has 0 saturated carbocycles. The molecule has 1 unspecified atom stereocenters. The summed E-state index contributed by atoms with van der Waals surface area (Å²) in [6.07, 6.45) is 18.3. The summed E-state index contributed by atoms with van der Waals surface area (Å²) in [4.78, 5) is 4.76. The van der Waals surface area contributed by atoms with E-state index in [1.54, 1.807) is 0 Å². The number of nitrogens with zero attached hydrogens (tertiary/aromatic N) is 1. The van der Waals surface area contributed by atoms with Crippen molar-refractivity contribution in [2.24, 2.45) is 5.92 Å². The van der Waals surface area contributed by atoms with Crippen molar-refractivity contribution in [3.05, 3.63) is 145 Å². The Hall–Kier alpha value is -4.69. The normalized spacial score (nSPS) is 16.4. The number of hydrogen-bond acceptors (Lipinski definition) is 2. The van der Waals surface area contributed by atoms with Crippen LogP contribution in [-0.4, -0.2) is 4.98 Å². The Morgan fingerprint density at radius 1 is 0.703 bits per heavy atom. The highest BCUT2D eigenvalue weighted by atomic mass is 16.5. The monoisotopic (exact) mass is 475 g/mol. The van der Waals surface area contributed by atoms with Crippen molar-refractivity contribution in [1.82, 2.24) is 4.98 Å². The van der Waals surface area contributed by atoms with Gasteiger partial charge in [0.2, 0.25) is 0 Å². The first kappa shape index (κ1) is 21.6. The molecule has 0 saturated heterocycles. The van der Waals surface area contributed by atoms with Crippen LogP contribution in [0.3, 0.4) is 0 Å². The number of pyridine rings is 1. The third-order valence-corrected chi connectivity index (χ3v) is 7.34. The van der Waals surface area contributed by atoms with Gasteiger partial charge in [-0.1, -0.05) is 109 Å². The quantitative estimate of drug-likeness (QED) is 0.242. The van der Waals surface area contributed by atoms with Crippen molar-refractivity contribution in [2.45, 2.75) is 6.42 Å². The lowest BCUT2D eigenvalue weighted by molar-refractivity contribution is 0.494. The lowest BCUT2D eigenvalue weighted by Gasteiger charge is -2.25. The van der Waals surface area contributed by atoms with E-state index in [2.05, 4.69) is 85.0 Å². The molecule has 0 radical (unpaired) electrons. The number of aromatic nitrogens is 1. The number of ether oxygens (including phenoxy) is 1. The molecule has 2 aliphatic rings. The second kappa shape index (κ2) is 9.07. The highest BCUT2D eigenvalue weighted by Crippen LogP contribution is 2.48. The van der Waals surface area contributed by atoms with Crippen molar-refractivity contribution in [2.75, 3.05) is 0 Å². The fourth-order valence-corrected chi connectivity index (χ4v) is 5.62. The van der Waals surface area contributed by atoms with Crippen LogP contribution in [0.15, 0.2) is 139 Å². The van der Waals surface area contributed by atoms with Crippen molar-refractivity contribution in [1.29, 1.82) is 0 Å². The zero-order chi connectivity index (χ0) is 24.6. The van der Waals surface area contributed by atoms with E-state index < -0.39 is 0 Å². The molecule has 7 rings (SSSR count). The van der Waals surface area contributed by atoms with Crippen LogP contribution in [0.5, 0.6) is 11.5 Å². The smallest absolute Gasteiger partial charge is 0.143 e. The number of fused-ring (bicyclic) bond motifs is 3. The maximum absolute atomic E-state index is 6.72. The van der Waals surface area contributed by atoms with Crippen LogP contribution in [0.1, 0.15) is 12.0 Å². The molecule has 0 fully saturated rings. The predicted octanol–water partition coefficient (Wildman–Crippen LogP) is 9.30. The van der Waals surface area contributed by atoms with Crippen molar-refractivity contribution in [3.8, 4) is 22.6 Å². The summed E-state index contributed by atoms with van der Waals surface area (Å²) in [5, 5.41) is 4.50. The molecule has 2 nitrogen and oxygen atoms in total. The van der Waals surface area contributed by atoms with Gasteiger partial charge in [-0.05, 0) is 46.2 Å². The SMILES string of the molecule is C1=CC2=CC=C(c3c4ccccc4c(Oc4ccccc4)c4c(-c5ccccc5)cncc34)CC2C=C1. The van der Waals surface area contributed by atoms with E-state index in [1.807, 2.05) is 48.8 Å². The summed E-state index contributed by atoms with van der Waals surface area (Å²) in [7, 11) is 0. The van der Waals surface area contributed by atoms with Crippen LogP contribution < -0.4 is 4.74 Å². The van der Waals surface area contributed by atoms with Gasteiger partial charge in [-0.25, -0.2) is 0 Å². The number of rotatable bonds is 4. The minimum absolute atomic E-state index is 0.393. The molecule has 1 atom stereocenters. The molecule has 37 heavy (non-hydrogen) atoms. The molecule has 1 aromatic heterocycles. The predicted molar refractivity (Wildman–Crippen MR) is 154 cm³/mol. The van der Waals surface area contributed by atoms with Crippen LogP contribution in [0.4, 0.5) is 0 Å². The fraction of sp³-hybridized carbons (Fsp3) is 0.0571. The van der Waals surface area contributed by atoms with Gasteiger partial charge in [-0.3, -0.25) is 4.98 Å². The van der Waals surface area contributed by atoms with Gasteiger partial charge in [0.05, 0.1) is 0 Å². The van der Waals surface area contributed by atoms with Gasteiger partial charge in [0.25, 0.3) is 0 Å². The Labute approximate surface area is 216 Å². The van der Waals surface area contributed by atoms with Crippen LogP contribution >= 0.6 is 0 Å². The number of allylic oxidation sites excluding steroid dienone is 8. The van der Waals surface area contributed by atoms with Crippen LogP contribution in [0.25, 0.3) is 38.2 Å². The number of hydrogen-bond donors (Lipinski definition) is 0. The average molecular weight is 476 g/mol. The van der Waals surface area contributed by atoms with Gasteiger partial charge in [-0.2, -0.15) is 0 Å². The molecule has 0 N–H and O–H groups in total. The highest BCUT2D eigenvalue weighted by Gasteiger charge is 2.24. The zero-order valence-electron chi connectivity index (χ0n) is 20.3. The Balaban J connectivity index is 1.57. The molecular weight excluding hydrogens is 450 g/mol. The number of benzene rings is 4. The Kier molecular flexibility index (Phi) is 5.29. The first-order chi connectivity index (χ1) is 18.4. The first-order valence-corrected chi connectivity index (χ1v) is 12.7. The third-order valence-electron chi connectivity index (χ3n) is 7.34. The minimum Gasteiger partial charge on any atom is -0.456 e. The molecule has 0 aliphatic heterocycles. The Morgan fingerprint density at radius 3 is 2.30 bits per heavy atom. The molecule has 4 aromatic carbocycles. The molecule has 5 aromatic rings. The van der Waals surface area contributed by atoms with E-state index >= 15 is 0 Å². The minimum atomic E-state index is 0.393. The second-order valence-electron chi connectivity index (χ2n) is 9.55. The topological polar surface area (TPSA) is 22.1 Å². The summed E-state index contributed by atoms with van der Waals surface area (Å²) in [6, 6.07) is 29.2. The van der Waals surface area contributed by atoms with E-state index in [4.69, 9.17) is 9.72 Å². The van der Waals surface area contributed by atoms with Crippen LogP contribution in [0.2, 0.25) is 0 Å². The fourth-order valence-electron chi connectivity index (χ4n) is 5.62. The van der Waals surface area contributed by atoms with Crippen molar-refractivity contribution >= 4 is 27.1 Å². The van der Waals surface area contributed by atoms with E-state index in [-0.39, 0.29) is 0 Å². The van der Waals surface area contributed by atoms with Gasteiger partial charge < -0.3 is 4.74 Å². The summed E-state index contributed by atoms with van der Waals surface area (Å²) in [5.74, 6) is 2.08. The summed E-state index contributed by atoms with van der Waals surface area (Å²) in [6.45, 7) is 0. The first-order valence-electron chi connectivity index (χ1n) is 12.7. The summed E-state index contributed by atoms with van der Waals surface area (Å²) in [5.41, 5.74) is 6.14. The molecular formula is C35H25NO. The molecule has 2 heteroatoms. The van der Waals surface area contributed by atoms with Gasteiger partial charge in [-0.15, -0.1) is 0 Å². The molecule has 1 heterocycles. The summed E-state index contributed by atoms with van der Waals surface area (Å²) >= 11 is 0. The largest absolute Gasteiger partial charge is 0.456 e. The second-order valence-corrected chi connectivity index (χ2v) is 9.55. The maximum Gasteiger partial charge on any atom is 0.143 e. The molecule has 2 aliphatic carbocycles. The van der Waals surface area contributed by atoms with Gasteiger partial charge in [0, 0.05) is 40.0 Å². The van der Waals surface area contributed by atoms with Gasteiger partial charge >= 0.3 is 0 Å². The molecule has 0 amide bonds. The molecule has 176 valence electrons. The Bertz CT molecular complexity index is 1760. The van der Waals surface area contributed by atoms with Crippen molar-refractivity contribution < 1.29 is 4.74 Å². The third kappa shape index (κ3) is 3.78. The number of para-hydroxylation sites is 1. The van der Waals surface area contributed by atoms with Crippen LogP contribution in [-0.2, 0) is 0 Å².